The Hall–Kier alpha value is -1.63. The van der Waals surface area contributed by atoms with E-state index in [9.17, 15) is 13.0 Å². The van der Waals surface area contributed by atoms with E-state index >= 15 is 0 Å². The molecule has 4 N–H and O–H groups in total. The molecule has 0 aromatic heterocycles. The first kappa shape index (κ1) is 18.7. The van der Waals surface area contributed by atoms with E-state index in [-0.39, 0.29) is 6.04 Å². The highest BCUT2D eigenvalue weighted by atomic mass is 32.2. The summed E-state index contributed by atoms with van der Waals surface area (Å²) in [6, 6.07) is 9.67. The largest absolute Gasteiger partial charge is 0.399 e. The molecule has 0 amide bonds. The Morgan fingerprint density at radius 2 is 1.75 bits per heavy atom. The molecule has 6 heteroatoms. The predicted molar refractivity (Wildman–Crippen MR) is 98.0 cm³/mol. The number of nitrogens with two attached hydrogens (primary N) is 1. The van der Waals surface area contributed by atoms with Crippen LogP contribution in [-0.4, -0.2) is 23.9 Å². The van der Waals surface area contributed by atoms with Crippen LogP contribution in [0.4, 0.5) is 5.69 Å². The second-order valence-corrected chi connectivity index (χ2v) is 7.92. The molecule has 1 aromatic rings. The molecule has 0 bridgehead atoms. The number of nitrogen functional groups attached to an aromatic ring is 1. The van der Waals surface area contributed by atoms with Gasteiger partial charge in [0.05, 0.1) is 0 Å². The molecule has 1 fully saturated rings. The van der Waals surface area contributed by atoms with Gasteiger partial charge in [-0.15, -0.1) is 0 Å². The smallest absolute Gasteiger partial charge is 0.288 e. The van der Waals surface area contributed by atoms with E-state index in [2.05, 4.69) is 5.32 Å². The summed E-state index contributed by atoms with van der Waals surface area (Å²) in [5.74, 6) is 0. The Morgan fingerprint density at radius 1 is 1.08 bits per heavy atom. The van der Waals surface area contributed by atoms with Gasteiger partial charge in [-0.05, 0) is 31.1 Å². The van der Waals surface area contributed by atoms with Crippen LogP contribution in [0.15, 0.2) is 54.6 Å². The van der Waals surface area contributed by atoms with Crippen LogP contribution >= 0.6 is 0 Å². The Bertz CT molecular complexity index is 665. The molecule has 0 heterocycles. The summed E-state index contributed by atoms with van der Waals surface area (Å²) >= 11 is 0. The van der Waals surface area contributed by atoms with Crippen molar-refractivity contribution in [2.45, 2.75) is 49.4 Å². The summed E-state index contributed by atoms with van der Waals surface area (Å²) in [5, 5.41) is 3.14. The van der Waals surface area contributed by atoms with Crippen molar-refractivity contribution in [2.24, 2.45) is 0 Å². The molecule has 1 unspecified atom stereocenters. The molecule has 0 aliphatic heterocycles. The van der Waals surface area contributed by atoms with Gasteiger partial charge in [-0.2, -0.15) is 8.42 Å². The molecule has 5 nitrogen and oxygen atoms in total. The fourth-order valence-corrected chi connectivity index (χ4v) is 3.89. The van der Waals surface area contributed by atoms with Gasteiger partial charge < -0.3 is 5.73 Å². The van der Waals surface area contributed by atoms with Gasteiger partial charge in [0, 0.05) is 18.2 Å². The monoisotopic (exact) mass is 350 g/mol. The van der Waals surface area contributed by atoms with Gasteiger partial charge >= 0.3 is 0 Å². The number of rotatable bonds is 3. The van der Waals surface area contributed by atoms with Crippen LogP contribution in [0.3, 0.4) is 0 Å². The fourth-order valence-electron chi connectivity index (χ4n) is 3.02. The van der Waals surface area contributed by atoms with Crippen LogP contribution < -0.4 is 11.1 Å². The van der Waals surface area contributed by atoms with E-state index < -0.39 is 15.0 Å². The molecule has 24 heavy (non-hydrogen) atoms. The average molecular weight is 350 g/mol. The lowest BCUT2D eigenvalue weighted by Crippen LogP contribution is -2.54. The third-order valence-corrected chi connectivity index (χ3v) is 5.69. The fraction of sp³-hybridized carbons (Fsp3) is 0.444. The SMILES string of the molecule is Nc1ccccc1.O=S(=O)(O)C1(NC2CCCCC2)C=CC=CC1. The number of allylic oxidation sites excluding steroid dienone is 2. The quantitative estimate of drug-likeness (QED) is 0.575. The van der Waals surface area contributed by atoms with Crippen LogP contribution in [0.2, 0.25) is 0 Å². The summed E-state index contributed by atoms with van der Waals surface area (Å²) in [4.78, 5) is -1.32. The van der Waals surface area contributed by atoms with Gasteiger partial charge in [-0.3, -0.25) is 9.87 Å². The van der Waals surface area contributed by atoms with Gasteiger partial charge in [-0.1, -0.05) is 55.7 Å². The summed E-state index contributed by atoms with van der Waals surface area (Å²) < 4.78 is 32.6. The first-order chi connectivity index (χ1) is 11.4. The number of anilines is 1. The molecule has 2 aliphatic rings. The van der Waals surface area contributed by atoms with E-state index in [4.69, 9.17) is 5.73 Å². The summed E-state index contributed by atoms with van der Waals surface area (Å²) in [7, 11) is -4.14. The van der Waals surface area contributed by atoms with Crippen molar-refractivity contribution in [3.63, 3.8) is 0 Å². The Kier molecular flexibility index (Phi) is 6.60. The van der Waals surface area contributed by atoms with Crippen molar-refractivity contribution in [3.05, 3.63) is 54.6 Å². The second kappa shape index (κ2) is 8.46. The highest BCUT2D eigenvalue weighted by Gasteiger charge is 2.41. The molecule has 0 saturated heterocycles. The van der Waals surface area contributed by atoms with Crippen molar-refractivity contribution in [2.75, 3.05) is 5.73 Å². The van der Waals surface area contributed by atoms with Crippen LogP contribution in [0.25, 0.3) is 0 Å². The lowest BCUT2D eigenvalue weighted by atomic mass is 9.94. The number of para-hydroxylation sites is 1. The van der Waals surface area contributed by atoms with Crippen LogP contribution in [0, 0.1) is 0 Å². The van der Waals surface area contributed by atoms with Crippen LogP contribution in [0.1, 0.15) is 38.5 Å². The maximum atomic E-state index is 11.6. The number of benzene rings is 1. The molecule has 0 spiro atoms. The van der Waals surface area contributed by atoms with Crippen molar-refractivity contribution >= 4 is 15.8 Å². The lowest BCUT2D eigenvalue weighted by molar-refractivity contribution is 0.319. The first-order valence-corrected chi connectivity index (χ1v) is 9.77. The lowest BCUT2D eigenvalue weighted by Gasteiger charge is -2.35. The van der Waals surface area contributed by atoms with Crippen molar-refractivity contribution < 1.29 is 13.0 Å². The molecule has 1 aromatic carbocycles. The third-order valence-electron chi connectivity index (χ3n) is 4.35. The first-order valence-electron chi connectivity index (χ1n) is 8.33. The molecule has 132 valence electrons. The zero-order valence-electron chi connectivity index (χ0n) is 13.8. The maximum absolute atomic E-state index is 11.6. The maximum Gasteiger partial charge on any atom is 0.288 e. The molecule has 1 saturated carbocycles. The number of hydrogen-bond acceptors (Lipinski definition) is 4. The molecular formula is C18H26N2O3S. The van der Waals surface area contributed by atoms with Crippen molar-refractivity contribution in [1.29, 1.82) is 0 Å². The number of nitrogens with one attached hydrogen (secondary N) is 1. The van der Waals surface area contributed by atoms with E-state index in [1.54, 1.807) is 24.3 Å². The molecular weight excluding hydrogens is 324 g/mol. The Labute approximate surface area is 144 Å². The highest BCUT2D eigenvalue weighted by molar-refractivity contribution is 7.87. The summed E-state index contributed by atoms with van der Waals surface area (Å²) in [6.07, 6.45) is 12.5. The number of hydrogen-bond donors (Lipinski definition) is 3. The topological polar surface area (TPSA) is 92.4 Å². The van der Waals surface area contributed by atoms with Gasteiger partial charge in [0.15, 0.2) is 4.87 Å². The van der Waals surface area contributed by atoms with E-state index in [1.165, 1.54) is 6.42 Å². The van der Waals surface area contributed by atoms with Gasteiger partial charge in [0.1, 0.15) is 0 Å². The van der Waals surface area contributed by atoms with Crippen LogP contribution in [0.5, 0.6) is 0 Å². The van der Waals surface area contributed by atoms with Crippen molar-refractivity contribution in [3.8, 4) is 0 Å². The van der Waals surface area contributed by atoms with E-state index in [1.807, 2.05) is 30.3 Å². The third kappa shape index (κ3) is 5.19. The van der Waals surface area contributed by atoms with Crippen LogP contribution in [-0.2, 0) is 10.1 Å². The van der Waals surface area contributed by atoms with E-state index in [0.29, 0.717) is 6.42 Å². The molecule has 0 radical (unpaired) electrons. The van der Waals surface area contributed by atoms with Gasteiger partial charge in [0.2, 0.25) is 0 Å². The predicted octanol–water partition coefficient (Wildman–Crippen LogP) is 3.28. The Morgan fingerprint density at radius 3 is 2.21 bits per heavy atom. The van der Waals surface area contributed by atoms with Crippen molar-refractivity contribution in [1.82, 2.24) is 5.32 Å². The van der Waals surface area contributed by atoms with Gasteiger partial charge in [-0.25, -0.2) is 0 Å². The second-order valence-electron chi connectivity index (χ2n) is 6.25. The van der Waals surface area contributed by atoms with Gasteiger partial charge in [0.25, 0.3) is 10.1 Å². The Balaban J connectivity index is 0.000000249. The van der Waals surface area contributed by atoms with E-state index in [0.717, 1.165) is 31.4 Å². The summed E-state index contributed by atoms with van der Waals surface area (Å²) in [6.45, 7) is 0. The standard InChI is InChI=1S/C12H19NO3S.C6H7N/c14-17(15,16)12(9-5-2-6-10-12)13-11-7-3-1-4-8-11;7-6-4-2-1-3-5-6/h2,5-6,9,11,13H,1,3-4,7-8,10H2,(H,14,15,16);1-5H,7H2. The molecule has 1 atom stereocenters. The highest BCUT2D eigenvalue weighted by Crippen LogP contribution is 2.27. The normalized spacial score (nSPS) is 24.2. The molecule has 3 rings (SSSR count). The molecule has 2 aliphatic carbocycles. The summed E-state index contributed by atoms with van der Waals surface area (Å²) in [5.41, 5.74) is 6.18. The minimum atomic E-state index is -4.14. The minimum Gasteiger partial charge on any atom is -0.399 e. The zero-order valence-corrected chi connectivity index (χ0v) is 14.6. The zero-order chi connectivity index (χ0) is 17.5. The minimum absolute atomic E-state index is 0.182. The average Bonchev–Trinajstić information content (AvgIpc) is 2.57.